The molecule has 1 amide bonds. The Balaban J connectivity index is 1.43. The molecule has 208 valence electrons. The number of alkyl halides is 3. The minimum absolute atomic E-state index is 0.00657. The molecule has 4 rings (SSSR count). The number of piperazine rings is 1. The lowest BCUT2D eigenvalue weighted by Gasteiger charge is -2.53. The Morgan fingerprint density at radius 1 is 1.11 bits per heavy atom. The molecule has 9 heteroatoms. The fourth-order valence-electron chi connectivity index (χ4n) is 6.22. The number of piperidine rings is 1. The van der Waals surface area contributed by atoms with Crippen LogP contribution in [0.15, 0.2) is 18.2 Å². The standard InChI is InChI=1S/C28H42F3N3O3/c1-7-36-23-17-20-16-21(28(29,30)31)8-9-22(20)24(23)34-15-14-33(18-19(34)2)27(6)10-12-32(13-11-27)25(35)37-26(3,4)5/h8-9,16,19,23-24H,7,10-15,17-18H2,1-6H3/t19-,23?,24?/m0/s1. The van der Waals surface area contributed by atoms with Gasteiger partial charge in [-0.25, -0.2) is 4.79 Å². The van der Waals surface area contributed by atoms with Crippen molar-refractivity contribution in [1.82, 2.24) is 14.7 Å². The highest BCUT2D eigenvalue weighted by molar-refractivity contribution is 5.68. The van der Waals surface area contributed by atoms with Crippen molar-refractivity contribution in [2.75, 3.05) is 39.3 Å². The van der Waals surface area contributed by atoms with Crippen molar-refractivity contribution in [3.05, 3.63) is 34.9 Å². The highest BCUT2D eigenvalue weighted by Gasteiger charge is 2.45. The lowest BCUT2D eigenvalue weighted by atomic mass is 9.86. The smallest absolute Gasteiger partial charge is 0.416 e. The highest BCUT2D eigenvalue weighted by Crippen LogP contribution is 2.43. The molecule has 1 aromatic rings. The molecule has 0 spiro atoms. The van der Waals surface area contributed by atoms with Crippen LogP contribution in [-0.2, 0) is 22.1 Å². The summed E-state index contributed by atoms with van der Waals surface area (Å²) in [6.45, 7) is 16.5. The number of fused-ring (bicyclic) bond motifs is 1. The van der Waals surface area contributed by atoms with Crippen LogP contribution in [0.4, 0.5) is 18.0 Å². The third-order valence-corrected chi connectivity index (χ3v) is 8.23. The number of likely N-dealkylation sites (tertiary alicyclic amines) is 1. The fraction of sp³-hybridized carbons (Fsp3) is 0.750. The molecule has 0 aromatic heterocycles. The first-order valence-corrected chi connectivity index (χ1v) is 13.5. The van der Waals surface area contributed by atoms with Gasteiger partial charge in [0.2, 0.25) is 0 Å². The van der Waals surface area contributed by atoms with Gasteiger partial charge in [0.1, 0.15) is 5.60 Å². The van der Waals surface area contributed by atoms with E-state index in [2.05, 4.69) is 23.6 Å². The van der Waals surface area contributed by atoms with Gasteiger partial charge in [-0.1, -0.05) is 6.07 Å². The first kappa shape index (κ1) is 28.2. The number of ether oxygens (including phenoxy) is 2. The Morgan fingerprint density at radius 2 is 1.78 bits per heavy atom. The van der Waals surface area contributed by atoms with Crippen LogP contribution < -0.4 is 0 Å². The molecule has 6 nitrogen and oxygen atoms in total. The maximum atomic E-state index is 13.3. The Bertz CT molecular complexity index is 970. The molecule has 2 fully saturated rings. The number of nitrogens with zero attached hydrogens (tertiary/aromatic N) is 3. The van der Waals surface area contributed by atoms with Crippen molar-refractivity contribution in [2.45, 2.75) is 96.3 Å². The van der Waals surface area contributed by atoms with Gasteiger partial charge in [-0.2, -0.15) is 13.2 Å². The summed E-state index contributed by atoms with van der Waals surface area (Å²) in [5.41, 5.74) is 0.604. The van der Waals surface area contributed by atoms with E-state index in [1.54, 1.807) is 6.07 Å². The van der Waals surface area contributed by atoms with Gasteiger partial charge in [-0.15, -0.1) is 0 Å². The molecule has 0 N–H and O–H groups in total. The van der Waals surface area contributed by atoms with Crippen LogP contribution in [0.3, 0.4) is 0 Å². The number of benzene rings is 1. The first-order valence-electron chi connectivity index (χ1n) is 13.5. The third kappa shape index (κ3) is 6.09. The second-order valence-electron chi connectivity index (χ2n) is 12.1. The summed E-state index contributed by atoms with van der Waals surface area (Å²) in [7, 11) is 0. The van der Waals surface area contributed by atoms with Crippen LogP contribution in [0.25, 0.3) is 0 Å². The number of halogens is 3. The number of carbonyl (C=O) groups excluding carboxylic acids is 1. The molecular weight excluding hydrogens is 483 g/mol. The second-order valence-corrected chi connectivity index (χ2v) is 12.1. The molecule has 37 heavy (non-hydrogen) atoms. The van der Waals surface area contributed by atoms with Crippen LogP contribution in [-0.4, -0.2) is 83.4 Å². The van der Waals surface area contributed by atoms with E-state index in [9.17, 15) is 18.0 Å². The van der Waals surface area contributed by atoms with Gasteiger partial charge in [-0.05, 0) is 77.6 Å². The first-order chi connectivity index (χ1) is 17.2. The van der Waals surface area contributed by atoms with Crippen LogP contribution in [0.5, 0.6) is 0 Å². The fourth-order valence-corrected chi connectivity index (χ4v) is 6.22. The van der Waals surface area contributed by atoms with E-state index in [1.807, 2.05) is 32.6 Å². The molecule has 1 aliphatic carbocycles. The Kier molecular flexibility index (Phi) is 7.90. The molecule has 1 aromatic carbocycles. The van der Waals surface area contributed by atoms with E-state index in [-0.39, 0.29) is 29.8 Å². The van der Waals surface area contributed by atoms with Gasteiger partial charge in [-0.3, -0.25) is 9.80 Å². The zero-order valence-electron chi connectivity index (χ0n) is 23.0. The van der Waals surface area contributed by atoms with Crippen molar-refractivity contribution in [3.8, 4) is 0 Å². The van der Waals surface area contributed by atoms with Gasteiger partial charge in [0.05, 0.1) is 17.7 Å². The largest absolute Gasteiger partial charge is 0.444 e. The minimum atomic E-state index is -4.35. The SMILES string of the molecule is CCOC1Cc2cc(C(F)(F)F)ccc2C1N1CCN(C2(C)CCN(C(=O)OC(C)(C)C)CC2)C[C@@H]1C. The maximum Gasteiger partial charge on any atom is 0.416 e. The van der Waals surface area contributed by atoms with E-state index in [0.717, 1.165) is 43.6 Å². The summed E-state index contributed by atoms with van der Waals surface area (Å²) in [6.07, 6.45) is -2.47. The van der Waals surface area contributed by atoms with Gasteiger partial charge in [0.25, 0.3) is 0 Å². The van der Waals surface area contributed by atoms with E-state index >= 15 is 0 Å². The number of hydrogen-bond donors (Lipinski definition) is 0. The number of amides is 1. The Morgan fingerprint density at radius 3 is 2.35 bits per heavy atom. The van der Waals surface area contributed by atoms with Gasteiger partial charge >= 0.3 is 12.3 Å². The molecule has 0 bridgehead atoms. The van der Waals surface area contributed by atoms with E-state index in [4.69, 9.17) is 9.47 Å². The summed E-state index contributed by atoms with van der Waals surface area (Å²) in [6, 6.07) is 4.35. The predicted octanol–water partition coefficient (Wildman–Crippen LogP) is 5.50. The molecule has 3 aliphatic rings. The van der Waals surface area contributed by atoms with Crippen molar-refractivity contribution >= 4 is 6.09 Å². The number of carbonyl (C=O) groups is 1. The third-order valence-electron chi connectivity index (χ3n) is 8.23. The Hall–Kier alpha value is -1.84. The highest BCUT2D eigenvalue weighted by atomic mass is 19.4. The summed E-state index contributed by atoms with van der Waals surface area (Å²) in [4.78, 5) is 19.3. The monoisotopic (exact) mass is 525 g/mol. The average molecular weight is 526 g/mol. The molecule has 0 saturated carbocycles. The van der Waals surface area contributed by atoms with Crippen LogP contribution in [0.1, 0.15) is 77.1 Å². The topological polar surface area (TPSA) is 45.2 Å². The molecule has 2 aliphatic heterocycles. The zero-order valence-corrected chi connectivity index (χ0v) is 23.0. The zero-order chi connectivity index (χ0) is 27.2. The van der Waals surface area contributed by atoms with E-state index < -0.39 is 17.3 Å². The molecule has 2 saturated heterocycles. The maximum absolute atomic E-state index is 13.3. The molecule has 3 atom stereocenters. The quantitative estimate of drug-likeness (QED) is 0.519. The summed E-state index contributed by atoms with van der Waals surface area (Å²) in [5, 5.41) is 0. The molecule has 0 radical (unpaired) electrons. The average Bonchev–Trinajstić information content (AvgIpc) is 3.15. The summed E-state index contributed by atoms with van der Waals surface area (Å²) in [5.74, 6) is 0. The van der Waals surface area contributed by atoms with E-state index in [0.29, 0.717) is 26.1 Å². The van der Waals surface area contributed by atoms with Crippen LogP contribution >= 0.6 is 0 Å². The van der Waals surface area contributed by atoms with Crippen molar-refractivity contribution in [2.24, 2.45) is 0 Å². The lowest BCUT2D eigenvalue weighted by molar-refractivity contribution is -0.137. The van der Waals surface area contributed by atoms with Gasteiger partial charge < -0.3 is 14.4 Å². The second kappa shape index (κ2) is 10.4. The normalized spacial score (nSPS) is 27.3. The predicted molar refractivity (Wildman–Crippen MR) is 136 cm³/mol. The summed E-state index contributed by atoms with van der Waals surface area (Å²) >= 11 is 0. The number of rotatable bonds is 4. The van der Waals surface area contributed by atoms with Gasteiger partial charge in [0, 0.05) is 57.3 Å². The number of hydrogen-bond acceptors (Lipinski definition) is 5. The van der Waals surface area contributed by atoms with Crippen molar-refractivity contribution < 1.29 is 27.4 Å². The Labute approximate surface area is 219 Å². The summed E-state index contributed by atoms with van der Waals surface area (Å²) < 4.78 is 51.6. The van der Waals surface area contributed by atoms with Crippen molar-refractivity contribution in [3.63, 3.8) is 0 Å². The van der Waals surface area contributed by atoms with Crippen molar-refractivity contribution in [1.29, 1.82) is 0 Å². The lowest BCUT2D eigenvalue weighted by Crippen LogP contribution is -2.63. The van der Waals surface area contributed by atoms with Crippen LogP contribution in [0.2, 0.25) is 0 Å². The molecule has 2 heterocycles. The van der Waals surface area contributed by atoms with Gasteiger partial charge in [0.15, 0.2) is 0 Å². The molecule has 2 unspecified atom stereocenters. The minimum Gasteiger partial charge on any atom is -0.444 e. The van der Waals surface area contributed by atoms with Crippen LogP contribution in [0, 0.1) is 0 Å². The van der Waals surface area contributed by atoms with E-state index in [1.165, 1.54) is 12.1 Å². The molecular formula is C28H42F3N3O3.